The molecule has 0 aliphatic rings. The summed E-state index contributed by atoms with van der Waals surface area (Å²) in [6.07, 6.45) is -2.99. The van der Waals surface area contributed by atoms with Crippen LogP contribution in [-0.2, 0) is 17.5 Å². The van der Waals surface area contributed by atoms with Gasteiger partial charge in [-0.05, 0) is 37.3 Å². The summed E-state index contributed by atoms with van der Waals surface area (Å²) in [5.74, 6) is -0.491. The minimum atomic E-state index is -4.48. The highest BCUT2D eigenvalue weighted by Crippen LogP contribution is 2.30. The molecule has 1 heterocycles. The van der Waals surface area contributed by atoms with E-state index in [-0.39, 0.29) is 17.7 Å². The second-order valence-electron chi connectivity index (χ2n) is 5.96. The number of nitrogens with one attached hydrogen (secondary N) is 1. The van der Waals surface area contributed by atoms with Crippen molar-refractivity contribution in [1.29, 1.82) is 0 Å². The van der Waals surface area contributed by atoms with E-state index in [0.717, 1.165) is 17.7 Å². The Morgan fingerprint density at radius 1 is 1.12 bits per heavy atom. The molecule has 0 fully saturated rings. The molecule has 2 aromatic carbocycles. The van der Waals surface area contributed by atoms with Crippen LogP contribution in [0.4, 0.5) is 18.9 Å². The number of hydrogen-bond acceptors (Lipinski definition) is 2. The number of pyridine rings is 1. The number of fused-ring (bicyclic) bond motifs is 1. The molecule has 0 unspecified atom stereocenters. The number of halogens is 3. The molecule has 1 aromatic heterocycles. The predicted octanol–water partition coefficient (Wildman–Crippen LogP) is 3.97. The maximum Gasteiger partial charge on any atom is 0.416 e. The van der Waals surface area contributed by atoms with Gasteiger partial charge >= 0.3 is 6.18 Å². The molecule has 134 valence electrons. The minimum Gasteiger partial charge on any atom is -0.338 e. The van der Waals surface area contributed by atoms with Gasteiger partial charge in [0, 0.05) is 23.3 Å². The Morgan fingerprint density at radius 2 is 1.88 bits per heavy atom. The largest absolute Gasteiger partial charge is 0.416 e. The van der Waals surface area contributed by atoms with Crippen molar-refractivity contribution in [3.8, 4) is 0 Å². The molecular formula is C19H15F3N2O2. The van der Waals surface area contributed by atoms with Gasteiger partial charge in [-0.25, -0.2) is 0 Å². The molecule has 3 aromatic rings. The molecule has 0 spiro atoms. The van der Waals surface area contributed by atoms with Gasteiger partial charge in [-0.15, -0.1) is 0 Å². The van der Waals surface area contributed by atoms with Crippen molar-refractivity contribution in [2.24, 2.45) is 0 Å². The van der Waals surface area contributed by atoms with Crippen LogP contribution in [0.15, 0.2) is 59.5 Å². The molecule has 7 heteroatoms. The van der Waals surface area contributed by atoms with E-state index in [2.05, 4.69) is 5.32 Å². The van der Waals surface area contributed by atoms with E-state index < -0.39 is 17.6 Å². The molecule has 0 aliphatic heterocycles. The Hall–Kier alpha value is -3.09. The van der Waals surface area contributed by atoms with Gasteiger partial charge in [-0.1, -0.05) is 17.7 Å². The zero-order chi connectivity index (χ0) is 18.9. The van der Waals surface area contributed by atoms with Crippen molar-refractivity contribution in [3.05, 3.63) is 76.1 Å². The van der Waals surface area contributed by atoms with Crippen molar-refractivity contribution in [3.63, 3.8) is 0 Å². The van der Waals surface area contributed by atoms with Crippen LogP contribution in [0.1, 0.15) is 11.1 Å². The van der Waals surface area contributed by atoms with Gasteiger partial charge in [0.1, 0.15) is 6.54 Å². The third-order valence-electron chi connectivity index (χ3n) is 3.92. The number of anilines is 1. The number of nitrogens with zero attached hydrogens (tertiary/aromatic N) is 1. The SMILES string of the molecule is Cc1ccc2c(c1)c(=O)ccn2CC(=O)Nc1cccc(C(F)(F)F)c1. The van der Waals surface area contributed by atoms with Crippen molar-refractivity contribution in [2.45, 2.75) is 19.6 Å². The predicted molar refractivity (Wildman–Crippen MR) is 93.0 cm³/mol. The number of benzene rings is 2. The number of alkyl halides is 3. The fourth-order valence-corrected chi connectivity index (χ4v) is 2.69. The average Bonchev–Trinajstić information content (AvgIpc) is 2.57. The number of carbonyl (C=O) groups excluding carboxylic acids is 1. The molecule has 4 nitrogen and oxygen atoms in total. The normalized spacial score (nSPS) is 11.5. The highest BCUT2D eigenvalue weighted by Gasteiger charge is 2.30. The smallest absolute Gasteiger partial charge is 0.338 e. The van der Waals surface area contributed by atoms with Gasteiger partial charge in [0.05, 0.1) is 11.1 Å². The summed E-state index contributed by atoms with van der Waals surface area (Å²) in [6.45, 7) is 1.73. The van der Waals surface area contributed by atoms with Crippen molar-refractivity contribution in [2.75, 3.05) is 5.32 Å². The van der Waals surface area contributed by atoms with Crippen LogP contribution < -0.4 is 10.7 Å². The van der Waals surface area contributed by atoms with Crippen LogP contribution in [-0.4, -0.2) is 10.5 Å². The van der Waals surface area contributed by atoms with Crippen LogP contribution in [0.25, 0.3) is 10.9 Å². The van der Waals surface area contributed by atoms with E-state index in [1.165, 1.54) is 24.4 Å². The number of hydrogen-bond donors (Lipinski definition) is 1. The maximum absolute atomic E-state index is 12.8. The monoisotopic (exact) mass is 360 g/mol. The first-order chi connectivity index (χ1) is 12.2. The molecule has 1 N–H and O–H groups in total. The summed E-state index contributed by atoms with van der Waals surface area (Å²) < 4.78 is 39.8. The van der Waals surface area contributed by atoms with E-state index in [4.69, 9.17) is 0 Å². The second-order valence-corrected chi connectivity index (χ2v) is 5.96. The molecule has 3 rings (SSSR count). The van der Waals surface area contributed by atoms with E-state index in [0.29, 0.717) is 10.9 Å². The van der Waals surface area contributed by atoms with Crippen LogP contribution in [0.3, 0.4) is 0 Å². The number of carbonyl (C=O) groups is 1. The summed E-state index contributed by atoms with van der Waals surface area (Å²) in [6, 6.07) is 11.1. The zero-order valence-electron chi connectivity index (χ0n) is 13.8. The quantitative estimate of drug-likeness (QED) is 0.768. The van der Waals surface area contributed by atoms with E-state index in [1.54, 1.807) is 16.7 Å². The Bertz CT molecular complexity index is 1040. The molecule has 0 radical (unpaired) electrons. The topological polar surface area (TPSA) is 51.1 Å². The Labute approximate surface area is 146 Å². The number of aryl methyl sites for hydroxylation is 1. The van der Waals surface area contributed by atoms with Crippen LogP contribution in [0.5, 0.6) is 0 Å². The highest BCUT2D eigenvalue weighted by atomic mass is 19.4. The third-order valence-corrected chi connectivity index (χ3v) is 3.92. The van der Waals surface area contributed by atoms with Crippen molar-refractivity contribution >= 4 is 22.5 Å². The summed E-state index contributed by atoms with van der Waals surface area (Å²) in [5.41, 5.74) is 0.576. The Morgan fingerprint density at radius 3 is 2.62 bits per heavy atom. The standard InChI is InChI=1S/C19H15F3N2O2/c1-12-5-6-16-15(9-12)17(25)7-8-24(16)11-18(26)23-14-4-2-3-13(10-14)19(20,21)22/h2-10H,11H2,1H3,(H,23,26). The molecule has 1 amide bonds. The summed E-state index contributed by atoms with van der Waals surface area (Å²) in [7, 11) is 0. The van der Waals surface area contributed by atoms with E-state index >= 15 is 0 Å². The van der Waals surface area contributed by atoms with Gasteiger partial charge in [0.2, 0.25) is 5.91 Å². The lowest BCUT2D eigenvalue weighted by atomic mass is 10.1. The lowest BCUT2D eigenvalue weighted by molar-refractivity contribution is -0.137. The molecule has 26 heavy (non-hydrogen) atoms. The van der Waals surface area contributed by atoms with Gasteiger partial charge in [0.15, 0.2) is 5.43 Å². The van der Waals surface area contributed by atoms with Crippen LogP contribution in [0, 0.1) is 6.92 Å². The van der Waals surface area contributed by atoms with Crippen molar-refractivity contribution < 1.29 is 18.0 Å². The molecule has 0 saturated heterocycles. The minimum absolute atomic E-state index is 0.0611. The summed E-state index contributed by atoms with van der Waals surface area (Å²) >= 11 is 0. The second kappa shape index (κ2) is 6.67. The first kappa shape index (κ1) is 17.7. The third kappa shape index (κ3) is 3.77. The van der Waals surface area contributed by atoms with Gasteiger partial charge < -0.3 is 9.88 Å². The van der Waals surface area contributed by atoms with E-state index in [1.807, 2.05) is 13.0 Å². The van der Waals surface area contributed by atoms with Gasteiger partial charge in [0.25, 0.3) is 0 Å². The van der Waals surface area contributed by atoms with Gasteiger partial charge in [-0.3, -0.25) is 9.59 Å². The molecule has 0 saturated carbocycles. The molecule has 0 atom stereocenters. The molecule has 0 bridgehead atoms. The number of amides is 1. The lowest BCUT2D eigenvalue weighted by Crippen LogP contribution is -2.20. The zero-order valence-corrected chi connectivity index (χ0v) is 13.8. The number of aromatic nitrogens is 1. The first-order valence-electron chi connectivity index (χ1n) is 7.81. The first-order valence-corrected chi connectivity index (χ1v) is 7.81. The Balaban J connectivity index is 1.84. The maximum atomic E-state index is 12.8. The Kier molecular flexibility index (Phi) is 4.54. The summed E-state index contributed by atoms with van der Waals surface area (Å²) in [5, 5.41) is 2.94. The van der Waals surface area contributed by atoms with Crippen LogP contribution >= 0.6 is 0 Å². The number of rotatable bonds is 3. The van der Waals surface area contributed by atoms with Gasteiger partial charge in [-0.2, -0.15) is 13.2 Å². The van der Waals surface area contributed by atoms with E-state index in [9.17, 15) is 22.8 Å². The van der Waals surface area contributed by atoms with Crippen LogP contribution in [0.2, 0.25) is 0 Å². The fourth-order valence-electron chi connectivity index (χ4n) is 2.69. The average molecular weight is 360 g/mol. The highest BCUT2D eigenvalue weighted by molar-refractivity contribution is 5.92. The summed E-state index contributed by atoms with van der Waals surface area (Å²) in [4.78, 5) is 24.2. The lowest BCUT2D eigenvalue weighted by Gasteiger charge is -2.13. The fraction of sp³-hybridized carbons (Fsp3) is 0.158. The molecular weight excluding hydrogens is 345 g/mol. The van der Waals surface area contributed by atoms with Crippen molar-refractivity contribution in [1.82, 2.24) is 4.57 Å². The molecule has 0 aliphatic carbocycles.